The summed E-state index contributed by atoms with van der Waals surface area (Å²) in [6.45, 7) is 0. The van der Waals surface area contributed by atoms with E-state index in [2.05, 4.69) is 162 Å². The first-order valence-corrected chi connectivity index (χ1v) is 16.4. The van der Waals surface area contributed by atoms with Crippen LogP contribution in [-0.2, 0) is 0 Å². The minimum Gasteiger partial charge on any atom is -0.294 e. The van der Waals surface area contributed by atoms with Gasteiger partial charge in [0.2, 0.25) is 0 Å². The molecule has 0 aliphatic heterocycles. The minimum absolute atomic E-state index is 0.577. The van der Waals surface area contributed by atoms with Crippen molar-refractivity contribution in [2.75, 3.05) is 0 Å². The summed E-state index contributed by atoms with van der Waals surface area (Å²) in [4.78, 5) is 20.1. The molecule has 0 spiro atoms. The van der Waals surface area contributed by atoms with E-state index >= 15 is 0 Å². The lowest BCUT2D eigenvalue weighted by atomic mass is 10.0. The Hall–Kier alpha value is -6.72. The molecule has 5 nitrogen and oxygen atoms in total. The van der Waals surface area contributed by atoms with Gasteiger partial charge in [0, 0.05) is 33.7 Å². The molecule has 228 valence electrons. The summed E-state index contributed by atoms with van der Waals surface area (Å²) < 4.78 is 2.25. The molecular weight excluding hydrogens is 599 g/mol. The van der Waals surface area contributed by atoms with E-state index in [-0.39, 0.29) is 0 Å². The average Bonchev–Trinajstić information content (AvgIpc) is 3.52. The third-order valence-corrected chi connectivity index (χ3v) is 9.45. The number of rotatable bonds is 4. The maximum absolute atomic E-state index is 5.03. The highest BCUT2D eigenvalue weighted by atomic mass is 15.1. The van der Waals surface area contributed by atoms with Gasteiger partial charge in [0.15, 0.2) is 17.5 Å². The van der Waals surface area contributed by atoms with Crippen molar-refractivity contribution in [3.8, 4) is 40.0 Å². The summed E-state index contributed by atoms with van der Waals surface area (Å²) >= 11 is 0. The standard InChI is InChI=1S/C44H27N5/c1-3-12-31-25-33(19-17-28(31)9-1)42-46-43(34-20-18-29-10-2-4-13-32(29)26-34)48-44(47-42)35-22-24-40(45-27-35)49-38-16-8-7-15-37(38)41-36-14-6-5-11-30(36)21-23-39(41)49/h1-27H. The second kappa shape index (κ2) is 10.9. The van der Waals surface area contributed by atoms with Crippen molar-refractivity contribution in [3.63, 3.8) is 0 Å². The van der Waals surface area contributed by atoms with E-state index in [1.165, 1.54) is 32.3 Å². The van der Waals surface area contributed by atoms with Gasteiger partial charge in [-0.1, -0.05) is 121 Å². The number of hydrogen-bond acceptors (Lipinski definition) is 4. The first kappa shape index (κ1) is 27.4. The molecule has 3 heterocycles. The second-order valence-electron chi connectivity index (χ2n) is 12.4. The van der Waals surface area contributed by atoms with E-state index < -0.39 is 0 Å². The number of benzene rings is 7. The summed E-state index contributed by atoms with van der Waals surface area (Å²) in [5, 5.41) is 9.52. The Kier molecular flexibility index (Phi) is 6.11. The molecule has 0 atom stereocenters. The van der Waals surface area contributed by atoms with Gasteiger partial charge in [-0.15, -0.1) is 0 Å². The predicted molar refractivity (Wildman–Crippen MR) is 201 cm³/mol. The molecule has 0 amide bonds. The lowest BCUT2D eigenvalue weighted by molar-refractivity contribution is 1.05. The van der Waals surface area contributed by atoms with Gasteiger partial charge < -0.3 is 0 Å². The first-order chi connectivity index (χ1) is 24.3. The number of para-hydroxylation sites is 1. The number of hydrogen-bond donors (Lipinski definition) is 0. The predicted octanol–water partition coefficient (Wildman–Crippen LogP) is 10.8. The molecule has 0 N–H and O–H groups in total. The lowest BCUT2D eigenvalue weighted by Gasteiger charge is -2.11. The van der Waals surface area contributed by atoms with Crippen molar-refractivity contribution in [1.82, 2.24) is 24.5 Å². The quantitative estimate of drug-likeness (QED) is 0.195. The van der Waals surface area contributed by atoms with Gasteiger partial charge in [0.05, 0.1) is 11.0 Å². The van der Waals surface area contributed by atoms with Crippen molar-refractivity contribution < 1.29 is 0 Å². The molecule has 10 aromatic rings. The van der Waals surface area contributed by atoms with E-state index in [1.807, 2.05) is 6.20 Å². The van der Waals surface area contributed by atoms with Crippen molar-refractivity contribution in [1.29, 1.82) is 0 Å². The molecule has 0 unspecified atom stereocenters. The normalized spacial score (nSPS) is 11.7. The summed E-state index contributed by atoms with van der Waals surface area (Å²) in [6.07, 6.45) is 1.88. The van der Waals surface area contributed by atoms with Crippen molar-refractivity contribution in [3.05, 3.63) is 164 Å². The Balaban J connectivity index is 1.13. The Morgan fingerprint density at radius 2 is 0.878 bits per heavy atom. The van der Waals surface area contributed by atoms with Crippen LogP contribution in [0, 0.1) is 0 Å². The van der Waals surface area contributed by atoms with E-state index in [9.17, 15) is 0 Å². The highest BCUT2D eigenvalue weighted by Gasteiger charge is 2.17. The zero-order valence-electron chi connectivity index (χ0n) is 26.3. The van der Waals surface area contributed by atoms with Crippen molar-refractivity contribution in [2.24, 2.45) is 0 Å². The molecule has 0 aliphatic carbocycles. The molecular formula is C44H27N5. The van der Waals surface area contributed by atoms with E-state index in [1.54, 1.807) is 0 Å². The Morgan fingerprint density at radius 1 is 0.367 bits per heavy atom. The van der Waals surface area contributed by atoms with Crippen LogP contribution in [0.15, 0.2) is 164 Å². The zero-order chi connectivity index (χ0) is 32.3. The van der Waals surface area contributed by atoms with Crippen LogP contribution in [0.5, 0.6) is 0 Å². The molecule has 5 heteroatoms. The molecule has 0 saturated carbocycles. The summed E-state index contributed by atoms with van der Waals surface area (Å²) in [5.74, 6) is 2.66. The van der Waals surface area contributed by atoms with Crippen LogP contribution in [-0.4, -0.2) is 24.5 Å². The zero-order valence-corrected chi connectivity index (χ0v) is 26.3. The largest absolute Gasteiger partial charge is 0.294 e. The van der Waals surface area contributed by atoms with Gasteiger partial charge in [-0.2, -0.15) is 0 Å². The second-order valence-corrected chi connectivity index (χ2v) is 12.4. The molecule has 49 heavy (non-hydrogen) atoms. The van der Waals surface area contributed by atoms with Gasteiger partial charge in [-0.05, 0) is 68.7 Å². The molecule has 0 fully saturated rings. The molecule has 10 rings (SSSR count). The summed E-state index contributed by atoms with van der Waals surface area (Å²) in [7, 11) is 0. The highest BCUT2D eigenvalue weighted by Crippen LogP contribution is 2.37. The third kappa shape index (κ3) is 4.55. The number of pyridine rings is 1. The maximum Gasteiger partial charge on any atom is 0.165 e. The Labute approximate surface area is 281 Å². The summed E-state index contributed by atoms with van der Waals surface area (Å²) in [6, 6.07) is 55.0. The molecule has 0 aliphatic rings. The third-order valence-electron chi connectivity index (χ3n) is 9.45. The topological polar surface area (TPSA) is 56.5 Å². The van der Waals surface area contributed by atoms with Gasteiger partial charge in [0.25, 0.3) is 0 Å². The number of nitrogens with zero attached hydrogens (tertiary/aromatic N) is 5. The van der Waals surface area contributed by atoms with Crippen molar-refractivity contribution in [2.45, 2.75) is 0 Å². The average molecular weight is 626 g/mol. The van der Waals surface area contributed by atoms with Crippen LogP contribution in [0.1, 0.15) is 0 Å². The van der Waals surface area contributed by atoms with Gasteiger partial charge >= 0.3 is 0 Å². The van der Waals surface area contributed by atoms with Crippen LogP contribution in [0.4, 0.5) is 0 Å². The molecule has 3 aromatic heterocycles. The van der Waals surface area contributed by atoms with Crippen LogP contribution in [0.3, 0.4) is 0 Å². The molecule has 0 radical (unpaired) electrons. The Bertz CT molecular complexity index is 2790. The van der Waals surface area contributed by atoms with Crippen LogP contribution >= 0.6 is 0 Å². The van der Waals surface area contributed by atoms with Gasteiger partial charge in [-0.3, -0.25) is 4.57 Å². The van der Waals surface area contributed by atoms with E-state index in [0.717, 1.165) is 44.3 Å². The number of fused-ring (bicyclic) bond motifs is 7. The van der Waals surface area contributed by atoms with Crippen LogP contribution < -0.4 is 0 Å². The van der Waals surface area contributed by atoms with Crippen LogP contribution in [0.2, 0.25) is 0 Å². The minimum atomic E-state index is 0.577. The highest BCUT2D eigenvalue weighted by molar-refractivity contribution is 6.21. The number of aromatic nitrogens is 5. The van der Waals surface area contributed by atoms with Gasteiger partial charge in [-0.25, -0.2) is 19.9 Å². The van der Waals surface area contributed by atoms with Crippen molar-refractivity contribution >= 4 is 54.1 Å². The smallest absolute Gasteiger partial charge is 0.165 e. The monoisotopic (exact) mass is 625 g/mol. The van der Waals surface area contributed by atoms with Gasteiger partial charge in [0.1, 0.15) is 5.82 Å². The Morgan fingerprint density at radius 3 is 1.51 bits per heavy atom. The fourth-order valence-corrected chi connectivity index (χ4v) is 7.06. The van der Waals surface area contributed by atoms with Crippen LogP contribution in [0.25, 0.3) is 94.1 Å². The van der Waals surface area contributed by atoms with E-state index in [4.69, 9.17) is 19.9 Å². The van der Waals surface area contributed by atoms with E-state index in [0.29, 0.717) is 17.5 Å². The molecule has 0 saturated heterocycles. The lowest BCUT2D eigenvalue weighted by Crippen LogP contribution is -2.02. The summed E-state index contributed by atoms with van der Waals surface area (Å²) in [5.41, 5.74) is 4.93. The SMILES string of the molecule is c1ccc2cc(-c3nc(-c4ccc(-n5c6ccccc6c6c7ccccc7ccc65)nc4)nc(-c4ccc5ccccc5c4)n3)ccc2c1. The maximum atomic E-state index is 5.03. The fraction of sp³-hybridized carbons (Fsp3) is 0. The molecule has 7 aromatic carbocycles. The first-order valence-electron chi connectivity index (χ1n) is 16.4. The molecule has 0 bridgehead atoms. The fourth-order valence-electron chi connectivity index (χ4n) is 7.06.